The molecular formula is C23H25BrN2OS. The number of thioether (sulfide) groups is 1. The van der Waals surface area contributed by atoms with Crippen LogP contribution in [0.2, 0.25) is 0 Å². The SMILES string of the molecule is COc1ccc(Br)cc1CCC1=C(C2=NCCN2Cc2ccccc2)CCS1. The fraction of sp³-hybridized carbons (Fsp3) is 0.348. The van der Waals surface area contributed by atoms with Gasteiger partial charge in [-0.25, -0.2) is 0 Å². The van der Waals surface area contributed by atoms with Gasteiger partial charge in [0.05, 0.1) is 13.7 Å². The molecule has 0 fully saturated rings. The molecule has 28 heavy (non-hydrogen) atoms. The maximum Gasteiger partial charge on any atom is 0.127 e. The molecule has 0 bridgehead atoms. The van der Waals surface area contributed by atoms with Crippen molar-refractivity contribution in [3.8, 4) is 5.75 Å². The number of hydrogen-bond acceptors (Lipinski definition) is 4. The molecule has 2 aromatic rings. The van der Waals surface area contributed by atoms with E-state index in [9.17, 15) is 0 Å². The molecule has 2 heterocycles. The summed E-state index contributed by atoms with van der Waals surface area (Å²) in [6.07, 6.45) is 3.16. The zero-order valence-corrected chi connectivity index (χ0v) is 18.6. The highest BCUT2D eigenvalue weighted by Crippen LogP contribution is 2.38. The van der Waals surface area contributed by atoms with Crippen LogP contribution in [-0.4, -0.2) is 36.7 Å². The number of allylic oxidation sites excluding steroid dienone is 1. The summed E-state index contributed by atoms with van der Waals surface area (Å²) in [5.74, 6) is 3.36. The summed E-state index contributed by atoms with van der Waals surface area (Å²) in [5, 5.41) is 0. The summed E-state index contributed by atoms with van der Waals surface area (Å²) in [7, 11) is 1.75. The Morgan fingerprint density at radius 1 is 1.14 bits per heavy atom. The minimum absolute atomic E-state index is 0.906. The van der Waals surface area contributed by atoms with Crippen LogP contribution in [0.4, 0.5) is 0 Å². The monoisotopic (exact) mass is 456 g/mol. The molecule has 0 atom stereocenters. The van der Waals surface area contributed by atoms with Crippen LogP contribution >= 0.6 is 27.7 Å². The highest BCUT2D eigenvalue weighted by Gasteiger charge is 2.26. The molecule has 2 aliphatic heterocycles. The summed E-state index contributed by atoms with van der Waals surface area (Å²) in [6.45, 7) is 2.87. The first-order valence-corrected chi connectivity index (χ1v) is 11.5. The summed E-state index contributed by atoms with van der Waals surface area (Å²) in [5.41, 5.74) is 4.07. The molecule has 5 heteroatoms. The number of nitrogens with zero attached hydrogens (tertiary/aromatic N) is 2. The number of rotatable bonds is 7. The van der Waals surface area contributed by atoms with Gasteiger partial charge < -0.3 is 9.64 Å². The van der Waals surface area contributed by atoms with Crippen molar-refractivity contribution in [2.45, 2.75) is 25.8 Å². The molecule has 0 unspecified atom stereocenters. The Hall–Kier alpha value is -1.72. The van der Waals surface area contributed by atoms with Gasteiger partial charge in [-0.15, -0.1) is 11.8 Å². The second-order valence-electron chi connectivity index (χ2n) is 7.07. The van der Waals surface area contributed by atoms with Crippen molar-refractivity contribution in [2.75, 3.05) is 26.0 Å². The predicted octanol–water partition coefficient (Wildman–Crippen LogP) is 5.70. The lowest BCUT2D eigenvalue weighted by Gasteiger charge is -2.22. The molecule has 0 N–H and O–H groups in total. The third-order valence-corrected chi connectivity index (χ3v) is 6.95. The van der Waals surface area contributed by atoms with Crippen LogP contribution in [0.15, 0.2) is 68.5 Å². The molecule has 0 spiro atoms. The number of aliphatic imine (C=N–C) groups is 1. The molecule has 0 saturated carbocycles. The molecule has 146 valence electrons. The number of benzene rings is 2. The molecule has 0 amide bonds. The second-order valence-corrected chi connectivity index (χ2v) is 9.17. The van der Waals surface area contributed by atoms with Crippen molar-refractivity contribution < 1.29 is 4.74 Å². The van der Waals surface area contributed by atoms with Gasteiger partial charge in [0.25, 0.3) is 0 Å². The van der Waals surface area contributed by atoms with Crippen LogP contribution in [0.3, 0.4) is 0 Å². The van der Waals surface area contributed by atoms with Crippen LogP contribution in [0.25, 0.3) is 0 Å². The number of aryl methyl sites for hydroxylation is 1. The minimum atomic E-state index is 0.906. The van der Waals surface area contributed by atoms with Crippen LogP contribution in [0.5, 0.6) is 5.75 Å². The van der Waals surface area contributed by atoms with E-state index in [1.807, 2.05) is 23.9 Å². The zero-order valence-electron chi connectivity index (χ0n) is 16.2. The molecule has 2 aromatic carbocycles. The Morgan fingerprint density at radius 2 is 2.00 bits per heavy atom. The normalized spacial score (nSPS) is 16.6. The van der Waals surface area contributed by atoms with Crippen LogP contribution in [-0.2, 0) is 13.0 Å². The summed E-state index contributed by atoms with van der Waals surface area (Å²) < 4.78 is 6.65. The van der Waals surface area contributed by atoms with Gasteiger partial charge in [-0.1, -0.05) is 46.3 Å². The first-order valence-electron chi connectivity index (χ1n) is 9.75. The van der Waals surface area contributed by atoms with Gasteiger partial charge in [0.15, 0.2) is 0 Å². The Bertz CT molecular complexity index is 895. The Labute approximate surface area is 180 Å². The largest absolute Gasteiger partial charge is 0.496 e. The van der Waals surface area contributed by atoms with E-state index in [1.165, 1.54) is 33.2 Å². The van der Waals surface area contributed by atoms with Gasteiger partial charge in [0.2, 0.25) is 0 Å². The molecule has 3 nitrogen and oxygen atoms in total. The van der Waals surface area contributed by atoms with Gasteiger partial charge in [-0.3, -0.25) is 4.99 Å². The van der Waals surface area contributed by atoms with E-state index in [-0.39, 0.29) is 0 Å². The highest BCUT2D eigenvalue weighted by molar-refractivity contribution is 9.10. The smallest absolute Gasteiger partial charge is 0.127 e. The first kappa shape index (κ1) is 19.6. The molecule has 0 aromatic heterocycles. The lowest BCUT2D eigenvalue weighted by atomic mass is 10.0. The maximum absolute atomic E-state index is 5.55. The number of amidine groups is 1. The number of ether oxygens (including phenoxy) is 1. The number of halogens is 1. The summed E-state index contributed by atoms with van der Waals surface area (Å²) >= 11 is 5.59. The van der Waals surface area contributed by atoms with Crippen molar-refractivity contribution in [1.29, 1.82) is 0 Å². The number of methoxy groups -OCH3 is 1. The van der Waals surface area contributed by atoms with Gasteiger partial charge in [-0.2, -0.15) is 0 Å². The maximum atomic E-state index is 5.55. The Morgan fingerprint density at radius 3 is 2.82 bits per heavy atom. The molecule has 0 aliphatic carbocycles. The van der Waals surface area contributed by atoms with E-state index in [1.54, 1.807) is 7.11 Å². The van der Waals surface area contributed by atoms with Gasteiger partial charge in [-0.05, 0) is 53.5 Å². The zero-order chi connectivity index (χ0) is 19.3. The molecular weight excluding hydrogens is 432 g/mol. The van der Waals surface area contributed by atoms with E-state index in [0.29, 0.717) is 0 Å². The Kier molecular flexibility index (Phi) is 6.43. The predicted molar refractivity (Wildman–Crippen MR) is 122 cm³/mol. The summed E-state index contributed by atoms with van der Waals surface area (Å²) in [4.78, 5) is 8.84. The lowest BCUT2D eigenvalue weighted by molar-refractivity contribution is 0.409. The van der Waals surface area contributed by atoms with Crippen molar-refractivity contribution >= 4 is 33.5 Å². The van der Waals surface area contributed by atoms with Gasteiger partial charge in [0.1, 0.15) is 11.6 Å². The highest BCUT2D eigenvalue weighted by atomic mass is 79.9. The average molecular weight is 457 g/mol. The van der Waals surface area contributed by atoms with E-state index in [0.717, 1.165) is 49.1 Å². The Balaban J connectivity index is 1.50. The molecule has 0 saturated heterocycles. The van der Waals surface area contributed by atoms with Crippen LogP contribution in [0.1, 0.15) is 24.0 Å². The van der Waals surface area contributed by atoms with Gasteiger partial charge in [0, 0.05) is 28.9 Å². The third kappa shape index (κ3) is 4.47. The second kappa shape index (κ2) is 9.19. The van der Waals surface area contributed by atoms with Gasteiger partial charge >= 0.3 is 0 Å². The van der Waals surface area contributed by atoms with Crippen molar-refractivity contribution in [3.05, 3.63) is 74.6 Å². The number of hydrogen-bond donors (Lipinski definition) is 0. The van der Waals surface area contributed by atoms with E-state index < -0.39 is 0 Å². The third-order valence-electron chi connectivity index (χ3n) is 5.25. The topological polar surface area (TPSA) is 24.8 Å². The fourth-order valence-electron chi connectivity index (χ4n) is 3.88. The molecule has 4 rings (SSSR count). The van der Waals surface area contributed by atoms with E-state index in [4.69, 9.17) is 9.73 Å². The fourth-order valence-corrected chi connectivity index (χ4v) is 5.45. The molecule has 0 radical (unpaired) electrons. The van der Waals surface area contributed by atoms with E-state index in [2.05, 4.69) is 57.2 Å². The van der Waals surface area contributed by atoms with Crippen LogP contribution in [0, 0.1) is 0 Å². The minimum Gasteiger partial charge on any atom is -0.496 e. The first-order chi connectivity index (χ1) is 13.7. The van der Waals surface area contributed by atoms with Crippen molar-refractivity contribution in [3.63, 3.8) is 0 Å². The average Bonchev–Trinajstić information content (AvgIpc) is 3.36. The van der Waals surface area contributed by atoms with E-state index >= 15 is 0 Å². The standard InChI is InChI=1S/C23H25BrN2OS/c1-27-21-9-8-19(24)15-18(21)7-10-22-20(11-14-28-22)23-25-12-13-26(23)16-17-5-3-2-4-6-17/h2-6,8-9,15H,7,10-14,16H2,1H3. The molecule has 2 aliphatic rings. The van der Waals surface area contributed by atoms with Crippen LogP contribution < -0.4 is 4.74 Å². The quantitative estimate of drug-likeness (QED) is 0.534. The van der Waals surface area contributed by atoms with Crippen molar-refractivity contribution in [2.24, 2.45) is 4.99 Å². The lowest BCUT2D eigenvalue weighted by Crippen LogP contribution is -2.28. The summed E-state index contributed by atoms with van der Waals surface area (Å²) in [6, 6.07) is 17.0. The van der Waals surface area contributed by atoms with Crippen molar-refractivity contribution in [1.82, 2.24) is 4.90 Å².